The maximum Gasteiger partial charge on any atom is 0.227 e. The summed E-state index contributed by atoms with van der Waals surface area (Å²) in [6.07, 6.45) is 3.84. The highest BCUT2D eigenvalue weighted by Crippen LogP contribution is 2.25. The van der Waals surface area contributed by atoms with Gasteiger partial charge >= 0.3 is 0 Å². The molecule has 0 atom stereocenters. The predicted molar refractivity (Wildman–Crippen MR) is 99.5 cm³/mol. The van der Waals surface area contributed by atoms with Crippen LogP contribution >= 0.6 is 28.3 Å². The predicted octanol–water partition coefficient (Wildman–Crippen LogP) is 3.27. The number of hydrogen-bond donors (Lipinski definition) is 1. The van der Waals surface area contributed by atoms with E-state index in [2.05, 4.69) is 21.2 Å². The Balaban J connectivity index is 0.00000264. The quantitative estimate of drug-likeness (QED) is 0.790. The lowest BCUT2D eigenvalue weighted by atomic mass is 9.93. The maximum absolute atomic E-state index is 12.5. The standard InChI is InChI=1S/C17H25BrN2O2.ClH/c1-19-8-5-13-6-9-20(10-7-13)17(21)12-14-11-15(18)3-4-16(14)22-2;/h3-4,11,13,19H,5-10,12H2,1-2H3;1H. The van der Waals surface area contributed by atoms with E-state index in [0.29, 0.717) is 6.42 Å². The number of hydrogen-bond acceptors (Lipinski definition) is 3. The highest BCUT2D eigenvalue weighted by molar-refractivity contribution is 9.10. The number of methoxy groups -OCH3 is 1. The van der Waals surface area contributed by atoms with E-state index in [9.17, 15) is 4.79 Å². The number of nitrogens with one attached hydrogen (secondary N) is 1. The van der Waals surface area contributed by atoms with Crippen LogP contribution in [-0.4, -0.2) is 44.6 Å². The number of benzene rings is 1. The molecule has 1 amide bonds. The summed E-state index contributed by atoms with van der Waals surface area (Å²) in [7, 11) is 3.63. The Hall–Kier alpha value is -0.780. The van der Waals surface area contributed by atoms with Gasteiger partial charge in [0, 0.05) is 23.1 Å². The van der Waals surface area contributed by atoms with Crippen molar-refractivity contribution in [1.29, 1.82) is 0 Å². The molecule has 2 rings (SSSR count). The van der Waals surface area contributed by atoms with E-state index in [1.54, 1.807) is 7.11 Å². The van der Waals surface area contributed by atoms with E-state index in [0.717, 1.165) is 54.2 Å². The topological polar surface area (TPSA) is 41.6 Å². The first-order valence-electron chi connectivity index (χ1n) is 7.88. The summed E-state index contributed by atoms with van der Waals surface area (Å²) in [5, 5.41) is 3.20. The highest BCUT2D eigenvalue weighted by atomic mass is 79.9. The van der Waals surface area contributed by atoms with Crippen LogP contribution in [0.3, 0.4) is 0 Å². The molecule has 1 aromatic carbocycles. The van der Waals surface area contributed by atoms with Gasteiger partial charge in [0.15, 0.2) is 0 Å². The van der Waals surface area contributed by atoms with Crippen molar-refractivity contribution in [3.63, 3.8) is 0 Å². The van der Waals surface area contributed by atoms with Crippen LogP contribution in [0.15, 0.2) is 22.7 Å². The van der Waals surface area contributed by atoms with Crippen molar-refractivity contribution in [1.82, 2.24) is 10.2 Å². The van der Waals surface area contributed by atoms with Crippen LogP contribution in [-0.2, 0) is 11.2 Å². The lowest BCUT2D eigenvalue weighted by molar-refractivity contribution is -0.131. The van der Waals surface area contributed by atoms with Gasteiger partial charge in [0.2, 0.25) is 5.91 Å². The van der Waals surface area contributed by atoms with Gasteiger partial charge in [-0.1, -0.05) is 15.9 Å². The molecule has 0 radical (unpaired) electrons. The second kappa shape index (κ2) is 10.2. The minimum Gasteiger partial charge on any atom is -0.496 e. The van der Waals surface area contributed by atoms with Crippen LogP contribution in [0.25, 0.3) is 0 Å². The van der Waals surface area contributed by atoms with Gasteiger partial charge in [-0.15, -0.1) is 12.4 Å². The first kappa shape index (κ1) is 20.3. The molecule has 0 aliphatic carbocycles. The number of amides is 1. The van der Waals surface area contributed by atoms with Crippen molar-refractivity contribution in [2.24, 2.45) is 5.92 Å². The Bertz CT molecular complexity index is 505. The summed E-state index contributed by atoms with van der Waals surface area (Å²) in [6, 6.07) is 5.80. The minimum absolute atomic E-state index is 0. The van der Waals surface area contributed by atoms with Gasteiger partial charge < -0.3 is 15.0 Å². The lowest BCUT2D eigenvalue weighted by Crippen LogP contribution is -2.39. The van der Waals surface area contributed by atoms with Crippen LogP contribution in [0.1, 0.15) is 24.8 Å². The van der Waals surface area contributed by atoms with E-state index < -0.39 is 0 Å². The van der Waals surface area contributed by atoms with Crippen molar-refractivity contribution in [3.05, 3.63) is 28.2 Å². The number of carbonyl (C=O) groups excluding carboxylic acids is 1. The van der Waals surface area contributed by atoms with Crippen LogP contribution in [0.2, 0.25) is 0 Å². The zero-order valence-electron chi connectivity index (χ0n) is 13.8. The molecule has 130 valence electrons. The van der Waals surface area contributed by atoms with E-state index in [1.807, 2.05) is 30.1 Å². The SMILES string of the molecule is CNCCC1CCN(C(=O)Cc2cc(Br)ccc2OC)CC1.Cl. The third kappa shape index (κ3) is 5.98. The van der Waals surface area contributed by atoms with E-state index in [4.69, 9.17) is 4.74 Å². The second-order valence-electron chi connectivity index (χ2n) is 5.85. The lowest BCUT2D eigenvalue weighted by Gasteiger charge is -2.32. The molecule has 1 fully saturated rings. The molecule has 0 saturated carbocycles. The van der Waals surface area contributed by atoms with Gasteiger partial charge in [0.25, 0.3) is 0 Å². The summed E-state index contributed by atoms with van der Waals surface area (Å²) < 4.78 is 6.33. The Kier molecular flexibility index (Phi) is 8.95. The summed E-state index contributed by atoms with van der Waals surface area (Å²) >= 11 is 3.46. The molecule has 4 nitrogen and oxygen atoms in total. The van der Waals surface area contributed by atoms with Crippen LogP contribution < -0.4 is 10.1 Å². The van der Waals surface area contributed by atoms with Crippen molar-refractivity contribution in [2.45, 2.75) is 25.7 Å². The van der Waals surface area contributed by atoms with Crippen LogP contribution in [0, 0.1) is 5.92 Å². The molecule has 1 N–H and O–H groups in total. The molecule has 6 heteroatoms. The van der Waals surface area contributed by atoms with Gasteiger partial charge in [-0.25, -0.2) is 0 Å². The maximum atomic E-state index is 12.5. The highest BCUT2D eigenvalue weighted by Gasteiger charge is 2.23. The summed E-state index contributed by atoms with van der Waals surface area (Å²) in [5.74, 6) is 1.72. The van der Waals surface area contributed by atoms with E-state index in [-0.39, 0.29) is 18.3 Å². The van der Waals surface area contributed by atoms with Crippen LogP contribution in [0.4, 0.5) is 0 Å². The molecular formula is C17H26BrClN2O2. The number of carbonyl (C=O) groups is 1. The van der Waals surface area contributed by atoms with Crippen LogP contribution in [0.5, 0.6) is 5.75 Å². The normalized spacial score (nSPS) is 15.2. The molecule has 0 aromatic heterocycles. The molecule has 1 aromatic rings. The first-order valence-corrected chi connectivity index (χ1v) is 8.68. The van der Waals surface area contributed by atoms with Gasteiger partial charge in [0.05, 0.1) is 13.5 Å². The Morgan fingerprint density at radius 2 is 2.09 bits per heavy atom. The molecule has 0 unspecified atom stereocenters. The molecule has 1 aliphatic rings. The largest absolute Gasteiger partial charge is 0.496 e. The monoisotopic (exact) mass is 404 g/mol. The number of rotatable bonds is 6. The van der Waals surface area contributed by atoms with Gasteiger partial charge in [-0.2, -0.15) is 0 Å². The van der Waals surface area contributed by atoms with E-state index in [1.165, 1.54) is 6.42 Å². The molecule has 23 heavy (non-hydrogen) atoms. The summed E-state index contributed by atoms with van der Waals surface area (Å²) in [6.45, 7) is 2.82. The fourth-order valence-corrected chi connectivity index (χ4v) is 3.39. The average molecular weight is 406 g/mol. The molecule has 0 bridgehead atoms. The third-order valence-electron chi connectivity index (χ3n) is 4.35. The molecule has 0 spiro atoms. The zero-order chi connectivity index (χ0) is 15.9. The van der Waals surface area contributed by atoms with E-state index >= 15 is 0 Å². The summed E-state index contributed by atoms with van der Waals surface area (Å²) in [4.78, 5) is 14.5. The third-order valence-corrected chi connectivity index (χ3v) is 4.85. The van der Waals surface area contributed by atoms with Crippen molar-refractivity contribution >= 4 is 34.2 Å². The zero-order valence-corrected chi connectivity index (χ0v) is 16.2. The van der Waals surface area contributed by atoms with Crippen molar-refractivity contribution in [3.8, 4) is 5.75 Å². The van der Waals surface area contributed by atoms with Crippen molar-refractivity contribution < 1.29 is 9.53 Å². The number of likely N-dealkylation sites (tertiary alicyclic amines) is 1. The Morgan fingerprint density at radius 1 is 1.39 bits per heavy atom. The minimum atomic E-state index is 0. The number of ether oxygens (including phenoxy) is 1. The fourth-order valence-electron chi connectivity index (χ4n) is 2.98. The first-order chi connectivity index (χ1) is 10.6. The molecule has 1 aliphatic heterocycles. The number of nitrogens with zero attached hydrogens (tertiary/aromatic N) is 1. The molecule has 1 saturated heterocycles. The van der Waals surface area contributed by atoms with Gasteiger partial charge in [-0.05, 0) is 57.0 Å². The summed E-state index contributed by atoms with van der Waals surface area (Å²) in [5.41, 5.74) is 0.944. The average Bonchev–Trinajstić information content (AvgIpc) is 2.53. The van der Waals surface area contributed by atoms with Gasteiger partial charge in [-0.3, -0.25) is 4.79 Å². The Morgan fingerprint density at radius 3 is 2.70 bits per heavy atom. The Labute approximate surface area is 153 Å². The smallest absolute Gasteiger partial charge is 0.227 e. The van der Waals surface area contributed by atoms with Gasteiger partial charge in [0.1, 0.15) is 5.75 Å². The molecule has 1 heterocycles. The number of halogens is 2. The van der Waals surface area contributed by atoms with Crippen molar-refractivity contribution in [2.75, 3.05) is 33.8 Å². The number of piperidine rings is 1. The molecular weight excluding hydrogens is 380 g/mol. The fraction of sp³-hybridized carbons (Fsp3) is 0.588. The second-order valence-corrected chi connectivity index (χ2v) is 6.77.